The summed E-state index contributed by atoms with van der Waals surface area (Å²) in [4.78, 5) is 14.7. The highest BCUT2D eigenvalue weighted by Crippen LogP contribution is 2.20. The number of carbonyl (C=O) groups is 1. The molecule has 1 heterocycles. The molecule has 0 spiro atoms. The molecule has 5 heteroatoms. The summed E-state index contributed by atoms with van der Waals surface area (Å²) < 4.78 is 10.1. The molecule has 2 aromatic rings. The highest BCUT2D eigenvalue weighted by atomic mass is 16.5. The highest BCUT2D eigenvalue weighted by molar-refractivity contribution is 5.91. The van der Waals surface area contributed by atoms with Crippen molar-refractivity contribution in [1.29, 1.82) is 0 Å². The number of rotatable bonds is 2. The number of oxazole rings is 1. The predicted octanol–water partition coefficient (Wildman–Crippen LogP) is 0.935. The Balaban J connectivity index is 2.60. The maximum atomic E-state index is 10.8. The summed E-state index contributed by atoms with van der Waals surface area (Å²) in [5, 5.41) is 0. The van der Waals surface area contributed by atoms with Crippen LogP contribution in [-0.2, 0) is 0 Å². The van der Waals surface area contributed by atoms with Gasteiger partial charge in [0.1, 0.15) is 11.3 Å². The van der Waals surface area contributed by atoms with E-state index in [1.807, 2.05) is 0 Å². The summed E-state index contributed by atoms with van der Waals surface area (Å²) in [7, 11) is 1.55. The molecule has 0 aliphatic rings. The molecule has 1 aromatic heterocycles. The number of amides is 1. The van der Waals surface area contributed by atoms with Gasteiger partial charge in [0.25, 0.3) is 5.89 Å². The summed E-state index contributed by atoms with van der Waals surface area (Å²) in [6, 6.07) is 5.07. The van der Waals surface area contributed by atoms with Crippen molar-refractivity contribution in [2.75, 3.05) is 7.11 Å². The van der Waals surface area contributed by atoms with Crippen molar-refractivity contribution in [2.24, 2.45) is 5.73 Å². The maximum absolute atomic E-state index is 10.8. The number of hydrogen-bond acceptors (Lipinski definition) is 4. The number of hydrogen-bond donors (Lipinski definition) is 1. The Morgan fingerprint density at radius 2 is 2.36 bits per heavy atom. The first kappa shape index (κ1) is 8.55. The van der Waals surface area contributed by atoms with Gasteiger partial charge in [-0.1, -0.05) is 0 Å². The Morgan fingerprint density at radius 1 is 1.57 bits per heavy atom. The zero-order valence-corrected chi connectivity index (χ0v) is 7.48. The monoisotopic (exact) mass is 192 g/mol. The lowest BCUT2D eigenvalue weighted by molar-refractivity contribution is 0.0969. The molecule has 14 heavy (non-hydrogen) atoms. The minimum Gasteiger partial charge on any atom is -0.497 e. The van der Waals surface area contributed by atoms with Crippen molar-refractivity contribution < 1.29 is 13.9 Å². The van der Waals surface area contributed by atoms with E-state index in [1.54, 1.807) is 25.3 Å². The normalized spacial score (nSPS) is 10.4. The fourth-order valence-corrected chi connectivity index (χ4v) is 1.14. The first-order valence-corrected chi connectivity index (χ1v) is 3.95. The van der Waals surface area contributed by atoms with Crippen LogP contribution in [0.1, 0.15) is 10.7 Å². The third-order valence-electron chi connectivity index (χ3n) is 1.81. The summed E-state index contributed by atoms with van der Waals surface area (Å²) in [6.45, 7) is 0. The van der Waals surface area contributed by atoms with Crippen LogP contribution in [0.2, 0.25) is 0 Å². The van der Waals surface area contributed by atoms with Crippen LogP contribution in [0.4, 0.5) is 0 Å². The van der Waals surface area contributed by atoms with Crippen molar-refractivity contribution in [1.82, 2.24) is 4.98 Å². The third kappa shape index (κ3) is 1.28. The fraction of sp³-hybridized carbons (Fsp3) is 0.111. The molecule has 0 radical (unpaired) electrons. The summed E-state index contributed by atoms with van der Waals surface area (Å²) >= 11 is 0. The van der Waals surface area contributed by atoms with E-state index < -0.39 is 5.91 Å². The standard InChI is InChI=1S/C9H8N2O3/c1-13-5-2-3-7-6(4-5)11-9(14-7)8(10)12/h2-4H,1H3,(H2,10,12). The lowest BCUT2D eigenvalue weighted by Crippen LogP contribution is -2.10. The fourth-order valence-electron chi connectivity index (χ4n) is 1.14. The van der Waals surface area contributed by atoms with Crippen LogP contribution in [0.25, 0.3) is 11.1 Å². The van der Waals surface area contributed by atoms with E-state index in [2.05, 4.69) is 4.98 Å². The maximum Gasteiger partial charge on any atom is 0.304 e. The molecular weight excluding hydrogens is 184 g/mol. The van der Waals surface area contributed by atoms with E-state index in [0.717, 1.165) is 0 Å². The van der Waals surface area contributed by atoms with E-state index in [0.29, 0.717) is 16.8 Å². The topological polar surface area (TPSA) is 78.4 Å². The van der Waals surface area contributed by atoms with Crippen molar-refractivity contribution in [3.8, 4) is 5.75 Å². The van der Waals surface area contributed by atoms with Crippen molar-refractivity contribution in [3.63, 3.8) is 0 Å². The van der Waals surface area contributed by atoms with Gasteiger partial charge in [-0.3, -0.25) is 4.79 Å². The summed E-state index contributed by atoms with van der Waals surface area (Å²) in [5.74, 6) is -0.116. The van der Waals surface area contributed by atoms with E-state index in [4.69, 9.17) is 14.9 Å². The van der Waals surface area contributed by atoms with Crippen LogP contribution >= 0.6 is 0 Å². The van der Waals surface area contributed by atoms with E-state index in [1.165, 1.54) is 0 Å². The van der Waals surface area contributed by atoms with Crippen LogP contribution in [0.3, 0.4) is 0 Å². The van der Waals surface area contributed by atoms with Crippen molar-refractivity contribution >= 4 is 17.0 Å². The first-order valence-electron chi connectivity index (χ1n) is 3.95. The summed E-state index contributed by atoms with van der Waals surface area (Å²) in [6.07, 6.45) is 0. The molecule has 2 N–H and O–H groups in total. The van der Waals surface area contributed by atoms with Gasteiger partial charge in [0.05, 0.1) is 7.11 Å². The molecule has 72 valence electrons. The molecule has 0 fully saturated rings. The smallest absolute Gasteiger partial charge is 0.304 e. The number of nitrogens with two attached hydrogens (primary N) is 1. The SMILES string of the molecule is COc1ccc2oc(C(N)=O)nc2c1. The third-order valence-corrected chi connectivity index (χ3v) is 1.81. The molecule has 2 rings (SSSR count). The molecule has 1 amide bonds. The van der Waals surface area contributed by atoms with Crippen LogP contribution in [0, 0.1) is 0 Å². The molecule has 5 nitrogen and oxygen atoms in total. The van der Waals surface area contributed by atoms with Gasteiger partial charge in [0.2, 0.25) is 0 Å². The molecule has 0 saturated heterocycles. The molecule has 0 bridgehead atoms. The van der Waals surface area contributed by atoms with Gasteiger partial charge in [-0.2, -0.15) is 0 Å². The quantitative estimate of drug-likeness (QED) is 0.767. The van der Waals surface area contributed by atoms with Gasteiger partial charge in [0, 0.05) is 6.07 Å². The first-order chi connectivity index (χ1) is 6.70. The van der Waals surface area contributed by atoms with Gasteiger partial charge >= 0.3 is 5.91 Å². The van der Waals surface area contributed by atoms with Crippen LogP contribution in [0.5, 0.6) is 5.75 Å². The molecule has 0 saturated carbocycles. The second-order valence-electron chi connectivity index (χ2n) is 2.72. The molecule has 0 atom stereocenters. The van der Waals surface area contributed by atoms with E-state index in [9.17, 15) is 4.79 Å². The van der Waals surface area contributed by atoms with Crippen LogP contribution < -0.4 is 10.5 Å². The summed E-state index contributed by atoms with van der Waals surface area (Å²) in [5.41, 5.74) is 6.09. The lowest BCUT2D eigenvalue weighted by Gasteiger charge is -1.95. The Bertz CT molecular complexity index is 490. The molecular formula is C9H8N2O3. The zero-order valence-electron chi connectivity index (χ0n) is 7.48. The number of fused-ring (bicyclic) bond motifs is 1. The Morgan fingerprint density at radius 3 is 3.00 bits per heavy atom. The lowest BCUT2D eigenvalue weighted by atomic mass is 10.3. The number of nitrogens with zero attached hydrogens (tertiary/aromatic N) is 1. The zero-order chi connectivity index (χ0) is 10.1. The number of benzene rings is 1. The number of aromatic nitrogens is 1. The van der Waals surface area contributed by atoms with Gasteiger partial charge < -0.3 is 14.9 Å². The second kappa shape index (κ2) is 3.02. The Labute approximate surface area is 79.5 Å². The van der Waals surface area contributed by atoms with Crippen molar-refractivity contribution in [3.05, 3.63) is 24.1 Å². The van der Waals surface area contributed by atoms with E-state index >= 15 is 0 Å². The van der Waals surface area contributed by atoms with Crippen LogP contribution in [0.15, 0.2) is 22.6 Å². The van der Waals surface area contributed by atoms with Gasteiger partial charge in [-0.05, 0) is 12.1 Å². The van der Waals surface area contributed by atoms with Gasteiger partial charge in [0.15, 0.2) is 5.58 Å². The van der Waals surface area contributed by atoms with Gasteiger partial charge in [-0.25, -0.2) is 4.98 Å². The number of carbonyl (C=O) groups excluding carboxylic acids is 1. The minimum absolute atomic E-state index is 0.0896. The number of ether oxygens (including phenoxy) is 1. The number of primary amides is 1. The van der Waals surface area contributed by atoms with Gasteiger partial charge in [-0.15, -0.1) is 0 Å². The predicted molar refractivity (Wildman–Crippen MR) is 49.1 cm³/mol. The Kier molecular flexibility index (Phi) is 1.85. The molecule has 0 aliphatic heterocycles. The Hall–Kier alpha value is -2.04. The van der Waals surface area contributed by atoms with Crippen LogP contribution in [-0.4, -0.2) is 18.0 Å². The molecule has 1 aromatic carbocycles. The van der Waals surface area contributed by atoms with E-state index in [-0.39, 0.29) is 5.89 Å². The minimum atomic E-state index is -0.680. The average molecular weight is 192 g/mol. The highest BCUT2D eigenvalue weighted by Gasteiger charge is 2.10. The molecule has 0 aliphatic carbocycles. The number of methoxy groups -OCH3 is 1. The second-order valence-corrected chi connectivity index (χ2v) is 2.72. The molecule has 0 unspecified atom stereocenters. The largest absolute Gasteiger partial charge is 0.497 e. The average Bonchev–Trinajstić information content (AvgIpc) is 2.59. The van der Waals surface area contributed by atoms with Crippen molar-refractivity contribution in [2.45, 2.75) is 0 Å².